The molecule has 0 bridgehead atoms. The first-order valence-electron chi connectivity index (χ1n) is 8.46. The third kappa shape index (κ3) is 6.16. The Kier molecular flexibility index (Phi) is 7.28. The van der Waals surface area contributed by atoms with Gasteiger partial charge in [0.15, 0.2) is 6.10 Å². The number of carbonyl (C=O) groups excluding carboxylic acids is 1. The van der Waals surface area contributed by atoms with Gasteiger partial charge in [-0.05, 0) is 37.5 Å². The van der Waals surface area contributed by atoms with Crippen molar-refractivity contribution in [3.05, 3.63) is 77.6 Å². The summed E-state index contributed by atoms with van der Waals surface area (Å²) >= 11 is 0. The van der Waals surface area contributed by atoms with Crippen LogP contribution in [0, 0.1) is 6.92 Å². The predicted molar refractivity (Wildman–Crippen MR) is 99.0 cm³/mol. The first-order chi connectivity index (χ1) is 13.2. The van der Waals surface area contributed by atoms with E-state index >= 15 is 0 Å². The number of benzene rings is 2. The summed E-state index contributed by atoms with van der Waals surface area (Å²) in [5.74, 6) is -2.01. The van der Waals surface area contributed by atoms with Crippen LogP contribution >= 0.6 is 0 Å². The van der Waals surface area contributed by atoms with Crippen LogP contribution in [0.15, 0.2) is 71.3 Å². The van der Waals surface area contributed by atoms with Gasteiger partial charge in [-0.15, -0.1) is 0 Å². The summed E-state index contributed by atoms with van der Waals surface area (Å²) in [7, 11) is -4.51. The fourth-order valence-corrected chi connectivity index (χ4v) is 3.44. The lowest BCUT2D eigenvalue weighted by molar-refractivity contribution is -0.146. The Morgan fingerprint density at radius 2 is 1.64 bits per heavy atom. The molecule has 28 heavy (non-hydrogen) atoms. The predicted octanol–water partition coefficient (Wildman–Crippen LogP) is 4.37. The molecule has 1 atom stereocenters. The highest BCUT2D eigenvalue weighted by Crippen LogP contribution is 2.26. The number of aryl methyl sites for hydroxylation is 2. The molecule has 0 radical (unpaired) electrons. The molecule has 0 aliphatic carbocycles. The number of rotatable bonds is 8. The number of hydrogen-bond acceptors (Lipinski definition) is 5. The van der Waals surface area contributed by atoms with E-state index in [9.17, 15) is 22.0 Å². The van der Waals surface area contributed by atoms with Crippen molar-refractivity contribution in [2.75, 3.05) is 0 Å². The van der Waals surface area contributed by atoms with E-state index in [1.165, 1.54) is 24.3 Å². The van der Waals surface area contributed by atoms with Gasteiger partial charge in [0.2, 0.25) is 5.76 Å². The molecule has 0 N–H and O–H groups in total. The molecule has 2 rings (SSSR count). The second-order valence-electron chi connectivity index (χ2n) is 6.10. The molecule has 5 nitrogen and oxygen atoms in total. The van der Waals surface area contributed by atoms with Crippen LogP contribution in [-0.2, 0) is 30.3 Å². The molecule has 0 aromatic heterocycles. The highest BCUT2D eigenvalue weighted by Gasteiger charge is 2.30. The zero-order valence-corrected chi connectivity index (χ0v) is 16.2. The van der Waals surface area contributed by atoms with Gasteiger partial charge < -0.3 is 8.92 Å². The molecule has 0 spiro atoms. The third-order valence-corrected chi connectivity index (χ3v) is 5.08. The van der Waals surface area contributed by atoms with Crippen molar-refractivity contribution in [3.63, 3.8) is 0 Å². The number of ether oxygens (including phenoxy) is 1. The number of esters is 1. The van der Waals surface area contributed by atoms with E-state index in [0.717, 1.165) is 18.1 Å². The minimum Gasteiger partial charge on any atom is -0.454 e. The fourth-order valence-electron chi connectivity index (χ4n) is 2.46. The highest BCUT2D eigenvalue weighted by atomic mass is 32.2. The van der Waals surface area contributed by atoms with Gasteiger partial charge in [-0.25, -0.2) is 0 Å². The first kappa shape index (κ1) is 21.6. The summed E-state index contributed by atoms with van der Waals surface area (Å²) in [5.41, 5.74) is 1.62. The van der Waals surface area contributed by atoms with Gasteiger partial charge in [-0.3, -0.25) is 4.79 Å². The Balaban J connectivity index is 2.27. The summed E-state index contributed by atoms with van der Waals surface area (Å²) in [4.78, 5) is 11.1. The van der Waals surface area contributed by atoms with Gasteiger partial charge in [0.25, 0.3) is 0 Å². The van der Waals surface area contributed by atoms with Crippen LogP contribution in [-0.4, -0.2) is 20.5 Å². The molecule has 0 aliphatic rings. The normalized spacial score (nSPS) is 12.1. The Hall–Kier alpha value is -2.74. The van der Waals surface area contributed by atoms with Crippen molar-refractivity contribution in [2.45, 2.75) is 37.7 Å². The Labute approximate surface area is 162 Å². The zero-order chi connectivity index (χ0) is 20.7. The Bertz CT molecular complexity index is 934. The molecule has 2 aromatic carbocycles. The van der Waals surface area contributed by atoms with E-state index in [2.05, 4.69) is 0 Å². The fraction of sp³-hybridized carbons (Fsp3) is 0.250. The zero-order valence-electron chi connectivity index (χ0n) is 15.4. The second-order valence-corrected chi connectivity index (χ2v) is 7.64. The summed E-state index contributed by atoms with van der Waals surface area (Å²) in [6.07, 6.45) is -3.69. The smallest absolute Gasteiger partial charge is 0.339 e. The second kappa shape index (κ2) is 9.45. The molecule has 0 aliphatic heterocycles. The van der Waals surface area contributed by atoms with Crippen LogP contribution in [0.4, 0.5) is 8.78 Å². The van der Waals surface area contributed by atoms with E-state index in [4.69, 9.17) is 8.92 Å². The Morgan fingerprint density at radius 3 is 2.18 bits per heavy atom. The molecule has 2 aromatic rings. The van der Waals surface area contributed by atoms with Crippen LogP contribution in [0.5, 0.6) is 0 Å². The highest BCUT2D eigenvalue weighted by molar-refractivity contribution is 7.86. The van der Waals surface area contributed by atoms with Crippen molar-refractivity contribution < 1.29 is 30.9 Å². The average Bonchev–Trinajstić information content (AvgIpc) is 2.64. The van der Waals surface area contributed by atoms with Gasteiger partial charge in [0.1, 0.15) is 4.90 Å². The lowest BCUT2D eigenvalue weighted by Gasteiger charge is -2.19. The van der Waals surface area contributed by atoms with Crippen LogP contribution in [0.1, 0.15) is 24.5 Å². The van der Waals surface area contributed by atoms with E-state index in [1.807, 2.05) is 0 Å². The molecule has 0 amide bonds. The maximum atomic E-state index is 13.5. The third-order valence-electron chi connectivity index (χ3n) is 3.83. The van der Waals surface area contributed by atoms with Crippen molar-refractivity contribution in [1.82, 2.24) is 0 Å². The minimum absolute atomic E-state index is 0.0698. The van der Waals surface area contributed by atoms with Gasteiger partial charge in [-0.1, -0.05) is 48.0 Å². The van der Waals surface area contributed by atoms with Gasteiger partial charge in [-0.2, -0.15) is 17.2 Å². The largest absolute Gasteiger partial charge is 0.454 e. The molecule has 8 heteroatoms. The number of carbonyl (C=O) groups is 1. The van der Waals surface area contributed by atoms with Crippen LogP contribution < -0.4 is 0 Å². The molecule has 0 fully saturated rings. The summed E-state index contributed by atoms with van der Waals surface area (Å²) in [5, 5.41) is 0. The maximum Gasteiger partial charge on any atom is 0.339 e. The van der Waals surface area contributed by atoms with Crippen LogP contribution in [0.2, 0.25) is 0 Å². The van der Waals surface area contributed by atoms with Gasteiger partial charge >= 0.3 is 22.2 Å². The maximum absolute atomic E-state index is 13.5. The van der Waals surface area contributed by atoms with Crippen LogP contribution in [0.3, 0.4) is 0 Å². The van der Waals surface area contributed by atoms with Crippen molar-refractivity contribution in [1.29, 1.82) is 0 Å². The molecular formula is C20H20F2O5S. The van der Waals surface area contributed by atoms with E-state index in [-0.39, 0.29) is 17.7 Å². The van der Waals surface area contributed by atoms with Crippen molar-refractivity contribution in [2.24, 2.45) is 0 Å². The lowest BCUT2D eigenvalue weighted by atomic mass is 10.1. The minimum atomic E-state index is -4.51. The molecule has 0 saturated heterocycles. The standard InChI is InChI=1S/C20H20F2O5S/c1-14-8-11-17(12-9-14)28(24,25)27-19(20(21)22)18(26-15(2)23)13-10-16-6-4-3-5-7-16/h3-9,11-12,18H,10,13H2,1-2H3. The van der Waals surface area contributed by atoms with Crippen LogP contribution in [0.25, 0.3) is 0 Å². The van der Waals surface area contributed by atoms with Crippen molar-refractivity contribution in [3.8, 4) is 0 Å². The van der Waals surface area contributed by atoms with Gasteiger partial charge in [0, 0.05) is 6.92 Å². The van der Waals surface area contributed by atoms with E-state index in [0.29, 0.717) is 0 Å². The average molecular weight is 410 g/mol. The van der Waals surface area contributed by atoms with Crippen molar-refractivity contribution >= 4 is 16.1 Å². The van der Waals surface area contributed by atoms with E-state index in [1.54, 1.807) is 37.3 Å². The first-order valence-corrected chi connectivity index (χ1v) is 9.87. The SMILES string of the molecule is CC(=O)OC(CCc1ccccc1)C(OS(=O)(=O)c1ccc(C)cc1)=C(F)F. The van der Waals surface area contributed by atoms with E-state index < -0.39 is 34.0 Å². The molecule has 0 saturated carbocycles. The Morgan fingerprint density at radius 1 is 1.04 bits per heavy atom. The van der Waals surface area contributed by atoms with Gasteiger partial charge in [0.05, 0.1) is 0 Å². The summed E-state index contributed by atoms with van der Waals surface area (Å²) < 4.78 is 61.5. The number of hydrogen-bond donors (Lipinski definition) is 0. The lowest BCUT2D eigenvalue weighted by Crippen LogP contribution is -2.24. The molecule has 1 unspecified atom stereocenters. The molecular weight excluding hydrogens is 390 g/mol. The number of halogens is 2. The monoisotopic (exact) mass is 410 g/mol. The quantitative estimate of drug-likeness (QED) is 0.367. The molecule has 0 heterocycles. The topological polar surface area (TPSA) is 69.7 Å². The molecule has 150 valence electrons. The summed E-state index contributed by atoms with van der Waals surface area (Å²) in [6.45, 7) is 2.81. The summed E-state index contributed by atoms with van der Waals surface area (Å²) in [6, 6.07) is 14.5.